The number of benzene rings is 2. The van der Waals surface area contributed by atoms with Crippen LogP contribution in [0.2, 0.25) is 5.02 Å². The summed E-state index contributed by atoms with van der Waals surface area (Å²) in [6.45, 7) is 3.39. The van der Waals surface area contributed by atoms with E-state index in [4.69, 9.17) is 17.3 Å². The monoisotopic (exact) mass is 284 g/mol. The molecule has 0 aliphatic rings. The van der Waals surface area contributed by atoms with Crippen LogP contribution in [0.3, 0.4) is 0 Å². The highest BCUT2D eigenvalue weighted by atomic mass is 35.5. The minimum atomic E-state index is 0.562. The fourth-order valence-electron chi connectivity index (χ4n) is 2.46. The summed E-state index contributed by atoms with van der Waals surface area (Å²) < 4.78 is 2.21. The maximum absolute atomic E-state index is 6.32. The van der Waals surface area contributed by atoms with Gasteiger partial charge in [0.1, 0.15) is 0 Å². The summed E-state index contributed by atoms with van der Waals surface area (Å²) in [6.07, 6.45) is 2.10. The Morgan fingerprint density at radius 1 is 1.10 bits per heavy atom. The third-order valence-corrected chi connectivity index (χ3v) is 3.98. The molecule has 0 saturated heterocycles. The molecule has 0 amide bonds. The van der Waals surface area contributed by atoms with Crippen molar-refractivity contribution in [2.75, 3.05) is 0 Å². The number of hydrogen-bond acceptors (Lipinski definition) is 1. The molecular weight excluding hydrogens is 268 g/mol. The molecule has 2 aromatic carbocycles. The molecule has 0 spiro atoms. The van der Waals surface area contributed by atoms with Crippen molar-refractivity contribution in [3.63, 3.8) is 0 Å². The van der Waals surface area contributed by atoms with Gasteiger partial charge in [0.2, 0.25) is 0 Å². The van der Waals surface area contributed by atoms with Crippen molar-refractivity contribution < 1.29 is 0 Å². The van der Waals surface area contributed by atoms with Crippen LogP contribution in [0, 0.1) is 6.92 Å². The molecule has 102 valence electrons. The minimum absolute atomic E-state index is 0.562. The van der Waals surface area contributed by atoms with E-state index in [0.29, 0.717) is 6.54 Å². The van der Waals surface area contributed by atoms with Gasteiger partial charge in [-0.15, -0.1) is 0 Å². The number of aromatic nitrogens is 1. The van der Waals surface area contributed by atoms with E-state index < -0.39 is 0 Å². The number of hydrogen-bond donors (Lipinski definition) is 1. The Morgan fingerprint density at radius 3 is 2.70 bits per heavy atom. The summed E-state index contributed by atoms with van der Waals surface area (Å²) in [5.41, 5.74) is 10.4. The quantitative estimate of drug-likeness (QED) is 0.771. The largest absolute Gasteiger partial charge is 0.343 e. The average Bonchev–Trinajstić information content (AvgIpc) is 2.84. The Morgan fingerprint density at radius 2 is 1.95 bits per heavy atom. The molecule has 0 aliphatic heterocycles. The number of rotatable bonds is 3. The van der Waals surface area contributed by atoms with Crippen molar-refractivity contribution >= 4 is 22.5 Å². The second-order valence-corrected chi connectivity index (χ2v) is 5.54. The highest BCUT2D eigenvalue weighted by molar-refractivity contribution is 6.31. The minimum Gasteiger partial charge on any atom is -0.343 e. The smallest absolute Gasteiger partial charge is 0.0490 e. The van der Waals surface area contributed by atoms with Crippen molar-refractivity contribution in [2.45, 2.75) is 20.0 Å². The van der Waals surface area contributed by atoms with Crippen LogP contribution in [-0.2, 0) is 13.1 Å². The van der Waals surface area contributed by atoms with Gasteiger partial charge >= 0.3 is 0 Å². The molecule has 2 nitrogen and oxygen atoms in total. The summed E-state index contributed by atoms with van der Waals surface area (Å²) in [5, 5.41) is 2.05. The van der Waals surface area contributed by atoms with E-state index in [2.05, 4.69) is 47.2 Å². The second kappa shape index (κ2) is 5.31. The fourth-order valence-corrected chi connectivity index (χ4v) is 2.75. The van der Waals surface area contributed by atoms with Gasteiger partial charge in [0.25, 0.3) is 0 Å². The lowest BCUT2D eigenvalue weighted by Gasteiger charge is -2.09. The molecule has 1 aromatic heterocycles. The van der Waals surface area contributed by atoms with Crippen LogP contribution in [-0.4, -0.2) is 4.57 Å². The van der Waals surface area contributed by atoms with Gasteiger partial charge in [-0.2, -0.15) is 0 Å². The number of aryl methyl sites for hydroxylation is 1. The maximum Gasteiger partial charge on any atom is 0.0490 e. The van der Waals surface area contributed by atoms with Gasteiger partial charge < -0.3 is 10.3 Å². The number of fused-ring (bicyclic) bond motifs is 1. The molecule has 0 bridgehead atoms. The molecular formula is C17H17ClN2. The molecule has 3 rings (SSSR count). The summed E-state index contributed by atoms with van der Waals surface area (Å²) in [5.74, 6) is 0. The zero-order chi connectivity index (χ0) is 14.1. The van der Waals surface area contributed by atoms with E-state index in [-0.39, 0.29) is 0 Å². The molecule has 0 fully saturated rings. The van der Waals surface area contributed by atoms with Gasteiger partial charge in [-0.1, -0.05) is 35.9 Å². The molecule has 0 unspecified atom stereocenters. The van der Waals surface area contributed by atoms with Crippen molar-refractivity contribution in [3.05, 3.63) is 70.4 Å². The molecule has 1 heterocycles. The van der Waals surface area contributed by atoms with Crippen LogP contribution in [0.5, 0.6) is 0 Å². The number of nitrogens with two attached hydrogens (primary N) is 1. The lowest BCUT2D eigenvalue weighted by molar-refractivity contribution is 0.835. The van der Waals surface area contributed by atoms with Crippen LogP contribution in [0.1, 0.15) is 16.7 Å². The molecule has 0 aliphatic carbocycles. The van der Waals surface area contributed by atoms with Crippen molar-refractivity contribution in [1.82, 2.24) is 4.57 Å². The second-order valence-electron chi connectivity index (χ2n) is 5.14. The van der Waals surface area contributed by atoms with Gasteiger partial charge in [-0.3, -0.25) is 0 Å². The topological polar surface area (TPSA) is 30.9 Å². The highest BCUT2D eigenvalue weighted by Gasteiger charge is 2.05. The Balaban J connectivity index is 2.01. The van der Waals surface area contributed by atoms with E-state index in [1.807, 2.05) is 13.0 Å². The van der Waals surface area contributed by atoms with Gasteiger partial charge in [0.15, 0.2) is 0 Å². The summed E-state index contributed by atoms with van der Waals surface area (Å²) in [6, 6.07) is 14.7. The van der Waals surface area contributed by atoms with Crippen LogP contribution < -0.4 is 5.73 Å². The van der Waals surface area contributed by atoms with Crippen molar-refractivity contribution in [2.24, 2.45) is 5.73 Å². The average molecular weight is 285 g/mol. The summed E-state index contributed by atoms with van der Waals surface area (Å²) >= 11 is 6.32. The van der Waals surface area contributed by atoms with E-state index in [1.165, 1.54) is 16.5 Å². The first kappa shape index (κ1) is 13.2. The molecule has 20 heavy (non-hydrogen) atoms. The standard InChI is InChI=1S/C17H17ClN2/c1-12-2-4-15(16(18)8-12)11-20-7-6-14-5-3-13(10-19)9-17(14)20/h2-9H,10-11,19H2,1H3. The van der Waals surface area contributed by atoms with E-state index in [9.17, 15) is 0 Å². The van der Waals surface area contributed by atoms with Crippen LogP contribution in [0.15, 0.2) is 48.7 Å². The Labute approximate surface area is 123 Å². The Bertz CT molecular complexity index is 759. The lowest BCUT2D eigenvalue weighted by Crippen LogP contribution is -2.00. The zero-order valence-corrected chi connectivity index (χ0v) is 12.2. The fraction of sp³-hybridized carbons (Fsp3) is 0.176. The first-order valence-corrected chi connectivity index (χ1v) is 7.08. The van der Waals surface area contributed by atoms with Crippen molar-refractivity contribution in [1.29, 1.82) is 0 Å². The van der Waals surface area contributed by atoms with E-state index in [1.54, 1.807) is 0 Å². The molecule has 3 heteroatoms. The first-order chi connectivity index (χ1) is 9.67. The van der Waals surface area contributed by atoms with E-state index in [0.717, 1.165) is 22.7 Å². The predicted molar refractivity (Wildman–Crippen MR) is 85.1 cm³/mol. The number of nitrogens with zero attached hydrogens (tertiary/aromatic N) is 1. The lowest BCUT2D eigenvalue weighted by atomic mass is 10.1. The first-order valence-electron chi connectivity index (χ1n) is 6.70. The SMILES string of the molecule is Cc1ccc(Cn2ccc3ccc(CN)cc32)c(Cl)c1. The molecule has 0 saturated carbocycles. The predicted octanol–water partition coefficient (Wildman–Crippen LogP) is 4.11. The van der Waals surface area contributed by atoms with Crippen LogP contribution >= 0.6 is 11.6 Å². The molecule has 2 N–H and O–H groups in total. The van der Waals surface area contributed by atoms with Crippen molar-refractivity contribution in [3.8, 4) is 0 Å². The third-order valence-electron chi connectivity index (χ3n) is 3.62. The number of halogens is 1. The molecule has 3 aromatic rings. The van der Waals surface area contributed by atoms with Gasteiger partial charge in [-0.25, -0.2) is 0 Å². The van der Waals surface area contributed by atoms with Crippen LogP contribution in [0.4, 0.5) is 0 Å². The molecule has 0 atom stereocenters. The zero-order valence-electron chi connectivity index (χ0n) is 11.4. The maximum atomic E-state index is 6.32. The summed E-state index contributed by atoms with van der Waals surface area (Å²) in [4.78, 5) is 0. The Kier molecular flexibility index (Phi) is 3.51. The van der Waals surface area contributed by atoms with Gasteiger partial charge in [0, 0.05) is 29.8 Å². The van der Waals surface area contributed by atoms with Crippen LogP contribution in [0.25, 0.3) is 10.9 Å². The summed E-state index contributed by atoms with van der Waals surface area (Å²) in [7, 11) is 0. The molecule has 0 radical (unpaired) electrons. The van der Waals surface area contributed by atoms with Gasteiger partial charge in [0.05, 0.1) is 0 Å². The normalized spacial score (nSPS) is 11.2. The van der Waals surface area contributed by atoms with E-state index >= 15 is 0 Å². The van der Waals surface area contributed by atoms with Gasteiger partial charge in [-0.05, 0) is 47.2 Å². The third kappa shape index (κ3) is 2.45. The Hall–Kier alpha value is -1.77. The highest BCUT2D eigenvalue weighted by Crippen LogP contribution is 2.23.